The predicted molar refractivity (Wildman–Crippen MR) is 42.5 cm³/mol. The zero-order chi connectivity index (χ0) is 8.39. The van der Waals surface area contributed by atoms with Crippen LogP contribution >= 0.6 is 0 Å². The first-order valence-electron chi connectivity index (χ1n) is 3.89. The van der Waals surface area contributed by atoms with Crippen LogP contribution in [0.2, 0.25) is 0 Å². The first kappa shape index (κ1) is 7.55. The molecule has 1 radical (unpaired) electrons. The van der Waals surface area contributed by atoms with Gasteiger partial charge < -0.3 is 10.1 Å². The maximum absolute atomic E-state index is 12.6. The minimum atomic E-state index is -0.281. The van der Waals surface area contributed by atoms with E-state index in [0.717, 1.165) is 13.1 Å². The van der Waals surface area contributed by atoms with Crippen molar-refractivity contribution in [1.82, 2.24) is 5.32 Å². The fraction of sp³-hybridized carbons (Fsp3) is 0.333. The Bertz CT molecular complexity index is 273. The molecule has 3 heteroatoms. The molecular weight excluding hydrogens is 157 g/mol. The van der Waals surface area contributed by atoms with Gasteiger partial charge in [-0.3, -0.25) is 0 Å². The van der Waals surface area contributed by atoms with E-state index in [1.54, 1.807) is 0 Å². The molecule has 0 unspecified atom stereocenters. The Morgan fingerprint density at radius 3 is 3.00 bits per heavy atom. The maximum atomic E-state index is 12.6. The van der Waals surface area contributed by atoms with Gasteiger partial charge in [0.25, 0.3) is 0 Å². The van der Waals surface area contributed by atoms with Crippen LogP contribution in [-0.4, -0.2) is 19.2 Å². The lowest BCUT2D eigenvalue weighted by molar-refractivity contribution is 0.141. The summed E-state index contributed by atoms with van der Waals surface area (Å²) < 4.78 is 18.0. The van der Waals surface area contributed by atoms with Crippen LogP contribution < -0.4 is 10.1 Å². The smallest absolute Gasteiger partial charge is 0.130 e. The van der Waals surface area contributed by atoms with Gasteiger partial charge >= 0.3 is 0 Å². The average Bonchev–Trinajstić information content (AvgIpc) is 1.97. The minimum absolute atomic E-state index is 0.183. The van der Waals surface area contributed by atoms with Crippen molar-refractivity contribution < 1.29 is 9.13 Å². The molecule has 1 saturated heterocycles. The molecule has 1 aromatic rings. The second kappa shape index (κ2) is 3.11. The maximum Gasteiger partial charge on any atom is 0.130 e. The van der Waals surface area contributed by atoms with Crippen molar-refractivity contribution in [2.24, 2.45) is 0 Å². The number of ether oxygens (including phenoxy) is 1. The van der Waals surface area contributed by atoms with E-state index >= 15 is 0 Å². The first-order chi connectivity index (χ1) is 5.84. The van der Waals surface area contributed by atoms with E-state index in [1.165, 1.54) is 18.2 Å². The normalized spacial score (nSPS) is 17.1. The van der Waals surface area contributed by atoms with Crippen LogP contribution in [0.3, 0.4) is 0 Å². The monoisotopic (exact) mass is 166 g/mol. The molecule has 2 rings (SSSR count). The summed E-state index contributed by atoms with van der Waals surface area (Å²) in [6, 6.07) is 7.04. The van der Waals surface area contributed by atoms with Gasteiger partial charge in [-0.25, -0.2) is 4.39 Å². The molecule has 0 saturated carbocycles. The Morgan fingerprint density at radius 2 is 2.42 bits per heavy atom. The van der Waals surface area contributed by atoms with E-state index in [4.69, 9.17) is 4.74 Å². The highest BCUT2D eigenvalue weighted by Crippen LogP contribution is 2.14. The fourth-order valence-corrected chi connectivity index (χ4v) is 1.01. The predicted octanol–water partition coefficient (Wildman–Crippen LogP) is 0.976. The Balaban J connectivity index is 2.02. The highest BCUT2D eigenvalue weighted by atomic mass is 19.1. The van der Waals surface area contributed by atoms with Crippen molar-refractivity contribution >= 4 is 0 Å². The van der Waals surface area contributed by atoms with Crippen molar-refractivity contribution in [2.75, 3.05) is 13.1 Å². The summed E-state index contributed by atoms with van der Waals surface area (Å²) in [5, 5.41) is 3.06. The summed E-state index contributed by atoms with van der Waals surface area (Å²) in [5.41, 5.74) is 0. The molecule has 1 fully saturated rings. The topological polar surface area (TPSA) is 21.3 Å². The van der Waals surface area contributed by atoms with Gasteiger partial charge in [0.05, 0.1) is 0 Å². The number of halogens is 1. The van der Waals surface area contributed by atoms with E-state index in [9.17, 15) is 4.39 Å². The van der Waals surface area contributed by atoms with Crippen molar-refractivity contribution in [3.05, 3.63) is 30.1 Å². The van der Waals surface area contributed by atoms with E-state index in [-0.39, 0.29) is 11.9 Å². The molecular formula is C9H9FNO. The summed E-state index contributed by atoms with van der Waals surface area (Å²) in [6.07, 6.45) is 0.183. The molecule has 0 spiro atoms. The largest absolute Gasteiger partial charge is 0.487 e. The van der Waals surface area contributed by atoms with Gasteiger partial charge in [-0.05, 0) is 12.1 Å². The molecule has 1 N–H and O–H groups in total. The SMILES string of the molecule is Fc1cc[c]c(OC2CNC2)c1. The molecule has 0 bridgehead atoms. The average molecular weight is 166 g/mol. The quantitative estimate of drug-likeness (QED) is 0.707. The first-order valence-corrected chi connectivity index (χ1v) is 3.89. The van der Waals surface area contributed by atoms with Gasteiger partial charge in [-0.1, -0.05) is 0 Å². The van der Waals surface area contributed by atoms with Crippen molar-refractivity contribution in [1.29, 1.82) is 0 Å². The minimum Gasteiger partial charge on any atom is -0.487 e. The lowest BCUT2D eigenvalue weighted by Crippen LogP contribution is -2.50. The van der Waals surface area contributed by atoms with Gasteiger partial charge in [0.1, 0.15) is 17.7 Å². The molecule has 0 aromatic heterocycles. The Hall–Kier alpha value is -1.09. The Labute approximate surface area is 70.3 Å². The molecule has 0 aliphatic carbocycles. The van der Waals surface area contributed by atoms with Gasteiger partial charge in [0.2, 0.25) is 0 Å². The third kappa shape index (κ3) is 1.56. The van der Waals surface area contributed by atoms with Crippen LogP contribution in [0.4, 0.5) is 4.39 Å². The highest BCUT2D eigenvalue weighted by molar-refractivity contribution is 5.21. The van der Waals surface area contributed by atoms with E-state index < -0.39 is 0 Å². The van der Waals surface area contributed by atoms with Crippen LogP contribution in [0.15, 0.2) is 18.2 Å². The molecule has 63 valence electrons. The fourth-order valence-electron chi connectivity index (χ4n) is 1.01. The van der Waals surface area contributed by atoms with E-state index in [0.29, 0.717) is 5.75 Å². The number of hydrogen-bond donors (Lipinski definition) is 1. The molecule has 12 heavy (non-hydrogen) atoms. The standard InChI is InChI=1S/C9H9FNO/c10-7-2-1-3-8(4-7)12-9-5-11-6-9/h1-2,4,9,11H,5-6H2. The second-order valence-electron chi connectivity index (χ2n) is 2.77. The zero-order valence-electron chi connectivity index (χ0n) is 6.51. The molecule has 0 amide bonds. The van der Waals surface area contributed by atoms with Crippen molar-refractivity contribution in [3.63, 3.8) is 0 Å². The Morgan fingerprint density at radius 1 is 1.58 bits per heavy atom. The number of nitrogens with one attached hydrogen (secondary N) is 1. The Kier molecular flexibility index (Phi) is 1.96. The molecule has 1 heterocycles. The van der Waals surface area contributed by atoms with Gasteiger partial charge in [-0.15, -0.1) is 0 Å². The van der Waals surface area contributed by atoms with Crippen molar-refractivity contribution in [3.8, 4) is 5.75 Å². The number of benzene rings is 1. The molecule has 1 aromatic carbocycles. The van der Waals surface area contributed by atoms with Crippen LogP contribution in [0.1, 0.15) is 0 Å². The number of hydrogen-bond acceptors (Lipinski definition) is 2. The zero-order valence-corrected chi connectivity index (χ0v) is 6.51. The van der Waals surface area contributed by atoms with Crippen LogP contribution in [0.5, 0.6) is 5.75 Å². The van der Waals surface area contributed by atoms with Crippen molar-refractivity contribution in [2.45, 2.75) is 6.10 Å². The summed E-state index contributed by atoms with van der Waals surface area (Å²) in [5.74, 6) is 0.206. The summed E-state index contributed by atoms with van der Waals surface area (Å²) in [6.45, 7) is 1.68. The molecule has 1 aliphatic heterocycles. The van der Waals surface area contributed by atoms with Crippen LogP contribution in [0, 0.1) is 11.9 Å². The molecule has 1 aliphatic rings. The lowest BCUT2D eigenvalue weighted by atomic mass is 10.2. The third-order valence-corrected chi connectivity index (χ3v) is 1.77. The lowest BCUT2D eigenvalue weighted by Gasteiger charge is -2.27. The van der Waals surface area contributed by atoms with Gasteiger partial charge in [0, 0.05) is 25.2 Å². The summed E-state index contributed by atoms with van der Waals surface area (Å²) in [7, 11) is 0. The van der Waals surface area contributed by atoms with Gasteiger partial charge in [-0.2, -0.15) is 0 Å². The summed E-state index contributed by atoms with van der Waals surface area (Å²) >= 11 is 0. The summed E-state index contributed by atoms with van der Waals surface area (Å²) in [4.78, 5) is 0. The van der Waals surface area contributed by atoms with Crippen LogP contribution in [0.25, 0.3) is 0 Å². The molecule has 0 atom stereocenters. The third-order valence-electron chi connectivity index (χ3n) is 1.77. The van der Waals surface area contributed by atoms with Gasteiger partial charge in [0.15, 0.2) is 0 Å². The molecule has 2 nitrogen and oxygen atoms in total. The second-order valence-corrected chi connectivity index (χ2v) is 2.77. The van der Waals surface area contributed by atoms with E-state index in [1.807, 2.05) is 0 Å². The highest BCUT2D eigenvalue weighted by Gasteiger charge is 2.18. The van der Waals surface area contributed by atoms with Crippen LogP contribution in [-0.2, 0) is 0 Å². The van der Waals surface area contributed by atoms with E-state index in [2.05, 4.69) is 11.4 Å². The number of rotatable bonds is 2.